The summed E-state index contributed by atoms with van der Waals surface area (Å²) in [5.74, 6) is -0.186. The lowest BCUT2D eigenvalue weighted by atomic mass is 9.98. The van der Waals surface area contributed by atoms with Crippen LogP contribution in [0.5, 0.6) is 5.75 Å². The van der Waals surface area contributed by atoms with Crippen LogP contribution in [0, 0.1) is 0 Å². The molecule has 1 N–H and O–H groups in total. The van der Waals surface area contributed by atoms with E-state index >= 15 is 0 Å². The maximum Gasteiger partial charge on any atom is 0.354 e. The summed E-state index contributed by atoms with van der Waals surface area (Å²) in [7, 11) is 1.53. The summed E-state index contributed by atoms with van der Waals surface area (Å²) in [5, 5.41) is 8.94. The highest BCUT2D eigenvalue weighted by molar-refractivity contribution is 5.86. The van der Waals surface area contributed by atoms with Crippen LogP contribution < -0.4 is 4.74 Å². The largest absolute Gasteiger partial charge is 0.497 e. The number of methoxy groups -OCH3 is 1. The summed E-state index contributed by atoms with van der Waals surface area (Å²) < 4.78 is 5.08. The van der Waals surface area contributed by atoms with Crippen molar-refractivity contribution >= 4 is 18.4 Å². The predicted molar refractivity (Wildman–Crippen MR) is 68.3 cm³/mol. The first-order valence-electron chi connectivity index (χ1n) is 5.41. The molecule has 0 radical (unpaired) electrons. The first-order chi connectivity index (χ1) is 7.62. The maximum atomic E-state index is 10.9. The number of ether oxygens (including phenoxy) is 1. The summed E-state index contributed by atoms with van der Waals surface area (Å²) in [4.78, 5) is 15.0. The minimum Gasteiger partial charge on any atom is -0.497 e. The molecular weight excluding hydrogens is 242 g/mol. The fourth-order valence-corrected chi connectivity index (χ4v) is 1.67. The molecule has 4 nitrogen and oxygen atoms in total. The Morgan fingerprint density at radius 2 is 2.00 bits per heavy atom. The molecule has 96 valence electrons. The normalized spacial score (nSPS) is 9.88. The van der Waals surface area contributed by atoms with Gasteiger partial charge in [-0.25, -0.2) is 9.78 Å². The Labute approximate surface area is 107 Å². The van der Waals surface area contributed by atoms with Crippen LogP contribution in [0.3, 0.4) is 0 Å². The number of pyridine rings is 1. The SMILES string of the molecule is CCC(CC)c1cc(OC)cc(C(=O)O)n1.Cl. The zero-order valence-corrected chi connectivity index (χ0v) is 11.1. The van der Waals surface area contributed by atoms with E-state index in [1.54, 1.807) is 0 Å². The molecule has 0 fully saturated rings. The van der Waals surface area contributed by atoms with Crippen LogP contribution in [0.25, 0.3) is 0 Å². The first-order valence-corrected chi connectivity index (χ1v) is 5.41. The van der Waals surface area contributed by atoms with Gasteiger partial charge in [0.25, 0.3) is 0 Å². The second-order valence-corrected chi connectivity index (χ2v) is 3.64. The van der Waals surface area contributed by atoms with Crippen LogP contribution in [0.15, 0.2) is 12.1 Å². The molecule has 0 aliphatic carbocycles. The van der Waals surface area contributed by atoms with Gasteiger partial charge in [0, 0.05) is 23.7 Å². The van der Waals surface area contributed by atoms with Crippen LogP contribution in [0.1, 0.15) is 48.8 Å². The third-order valence-corrected chi connectivity index (χ3v) is 2.68. The molecule has 17 heavy (non-hydrogen) atoms. The van der Waals surface area contributed by atoms with E-state index in [9.17, 15) is 4.79 Å². The molecule has 0 aliphatic rings. The Hall–Kier alpha value is -1.29. The third kappa shape index (κ3) is 3.89. The smallest absolute Gasteiger partial charge is 0.354 e. The summed E-state index contributed by atoms with van der Waals surface area (Å²) in [6.45, 7) is 4.13. The van der Waals surface area contributed by atoms with Gasteiger partial charge in [-0.3, -0.25) is 0 Å². The van der Waals surface area contributed by atoms with Gasteiger partial charge >= 0.3 is 5.97 Å². The summed E-state index contributed by atoms with van der Waals surface area (Å²) in [6, 6.07) is 3.25. The molecule has 1 heterocycles. The van der Waals surface area contributed by atoms with E-state index in [1.165, 1.54) is 13.2 Å². The molecule has 0 spiro atoms. The molecule has 0 atom stereocenters. The molecule has 0 aliphatic heterocycles. The fraction of sp³-hybridized carbons (Fsp3) is 0.500. The van der Waals surface area contributed by atoms with Gasteiger partial charge in [-0.2, -0.15) is 0 Å². The number of nitrogens with zero attached hydrogens (tertiary/aromatic N) is 1. The van der Waals surface area contributed by atoms with E-state index in [-0.39, 0.29) is 24.0 Å². The summed E-state index contributed by atoms with van der Waals surface area (Å²) in [6.07, 6.45) is 1.88. The molecule has 0 amide bonds. The Morgan fingerprint density at radius 1 is 1.41 bits per heavy atom. The monoisotopic (exact) mass is 259 g/mol. The van der Waals surface area contributed by atoms with Crippen molar-refractivity contribution in [3.63, 3.8) is 0 Å². The molecular formula is C12H18ClNO3. The van der Waals surface area contributed by atoms with Gasteiger partial charge in [-0.1, -0.05) is 13.8 Å². The van der Waals surface area contributed by atoms with Gasteiger partial charge in [-0.15, -0.1) is 12.4 Å². The van der Waals surface area contributed by atoms with E-state index in [4.69, 9.17) is 9.84 Å². The van der Waals surface area contributed by atoms with Crippen molar-refractivity contribution in [1.29, 1.82) is 0 Å². The molecule has 0 saturated heterocycles. The Morgan fingerprint density at radius 3 is 2.41 bits per heavy atom. The second kappa shape index (κ2) is 7.12. The third-order valence-electron chi connectivity index (χ3n) is 2.68. The highest BCUT2D eigenvalue weighted by Crippen LogP contribution is 2.25. The van der Waals surface area contributed by atoms with Crippen molar-refractivity contribution in [2.45, 2.75) is 32.6 Å². The Bertz CT molecular complexity index is 378. The predicted octanol–water partition coefficient (Wildman–Crippen LogP) is 3.11. The second-order valence-electron chi connectivity index (χ2n) is 3.64. The average molecular weight is 260 g/mol. The zero-order chi connectivity index (χ0) is 12.1. The number of carboxylic acid groups (broad SMARTS) is 1. The number of halogens is 1. The number of rotatable bonds is 5. The van der Waals surface area contributed by atoms with E-state index in [0.717, 1.165) is 18.5 Å². The Kier molecular flexibility index (Phi) is 6.58. The van der Waals surface area contributed by atoms with Crippen molar-refractivity contribution in [2.24, 2.45) is 0 Å². The fourth-order valence-electron chi connectivity index (χ4n) is 1.67. The molecule has 0 bridgehead atoms. The molecule has 5 heteroatoms. The van der Waals surface area contributed by atoms with Gasteiger partial charge in [0.1, 0.15) is 5.75 Å². The molecule has 1 rings (SSSR count). The van der Waals surface area contributed by atoms with E-state index < -0.39 is 5.97 Å². The highest BCUT2D eigenvalue weighted by Gasteiger charge is 2.14. The van der Waals surface area contributed by atoms with Crippen molar-refractivity contribution in [1.82, 2.24) is 4.98 Å². The number of hydrogen-bond acceptors (Lipinski definition) is 3. The van der Waals surface area contributed by atoms with Crippen LogP contribution >= 0.6 is 12.4 Å². The molecule has 0 unspecified atom stereocenters. The molecule has 1 aromatic heterocycles. The van der Waals surface area contributed by atoms with Crippen LogP contribution in [0.4, 0.5) is 0 Å². The van der Waals surface area contributed by atoms with Crippen molar-refractivity contribution < 1.29 is 14.6 Å². The Balaban J connectivity index is 0.00000256. The van der Waals surface area contributed by atoms with E-state index in [2.05, 4.69) is 18.8 Å². The summed E-state index contributed by atoms with van der Waals surface area (Å²) >= 11 is 0. The van der Waals surface area contributed by atoms with E-state index in [0.29, 0.717) is 5.75 Å². The van der Waals surface area contributed by atoms with Gasteiger partial charge in [0.2, 0.25) is 0 Å². The molecule has 1 aromatic rings. The lowest BCUT2D eigenvalue weighted by Crippen LogP contribution is -2.07. The van der Waals surface area contributed by atoms with Crippen LogP contribution in [-0.2, 0) is 0 Å². The quantitative estimate of drug-likeness (QED) is 0.883. The maximum absolute atomic E-state index is 10.9. The minimum atomic E-state index is -1.02. The van der Waals surface area contributed by atoms with Gasteiger partial charge in [-0.05, 0) is 12.8 Å². The zero-order valence-electron chi connectivity index (χ0n) is 10.3. The van der Waals surface area contributed by atoms with Crippen molar-refractivity contribution in [3.8, 4) is 5.75 Å². The average Bonchev–Trinajstić information content (AvgIpc) is 2.30. The van der Waals surface area contributed by atoms with Crippen molar-refractivity contribution in [2.75, 3.05) is 7.11 Å². The summed E-state index contributed by atoms with van der Waals surface area (Å²) in [5.41, 5.74) is 0.836. The number of hydrogen-bond donors (Lipinski definition) is 1. The van der Waals surface area contributed by atoms with Crippen LogP contribution in [0.2, 0.25) is 0 Å². The number of carbonyl (C=O) groups is 1. The van der Waals surface area contributed by atoms with Crippen molar-refractivity contribution in [3.05, 3.63) is 23.5 Å². The number of carboxylic acids is 1. The van der Waals surface area contributed by atoms with E-state index in [1.807, 2.05) is 6.07 Å². The van der Waals surface area contributed by atoms with Gasteiger partial charge in [0.05, 0.1) is 7.11 Å². The number of aromatic carboxylic acids is 1. The topological polar surface area (TPSA) is 59.4 Å². The van der Waals surface area contributed by atoms with Crippen LogP contribution in [-0.4, -0.2) is 23.2 Å². The van der Waals surface area contributed by atoms with Gasteiger partial charge in [0.15, 0.2) is 5.69 Å². The lowest BCUT2D eigenvalue weighted by Gasteiger charge is -2.13. The molecule has 0 aromatic carbocycles. The molecule has 0 saturated carbocycles. The first kappa shape index (κ1) is 15.7. The lowest BCUT2D eigenvalue weighted by molar-refractivity contribution is 0.0689. The number of aromatic nitrogens is 1. The highest BCUT2D eigenvalue weighted by atomic mass is 35.5. The van der Waals surface area contributed by atoms with Gasteiger partial charge < -0.3 is 9.84 Å². The minimum absolute atomic E-state index is 0. The standard InChI is InChI=1S/C12H17NO3.ClH/c1-4-8(5-2)10-6-9(16-3)7-11(13-10)12(14)15;/h6-8H,4-5H2,1-3H3,(H,14,15);1H.